The van der Waals surface area contributed by atoms with Crippen molar-refractivity contribution in [3.05, 3.63) is 90.0 Å². The zero-order valence-electron chi connectivity index (χ0n) is 19.5. The Morgan fingerprint density at radius 2 is 1.65 bits per heavy atom. The summed E-state index contributed by atoms with van der Waals surface area (Å²) in [6.07, 6.45) is 1.20. The summed E-state index contributed by atoms with van der Waals surface area (Å²) in [4.78, 5) is 19.8. The number of rotatable bonds is 8. The molecule has 0 saturated carbocycles. The lowest BCUT2D eigenvalue weighted by molar-refractivity contribution is -0.115. The number of likely N-dealkylation sites (N-methyl/N-ethyl adjacent to an activating group) is 1. The Kier molecular flexibility index (Phi) is 6.81. The molecule has 3 aromatic carbocycles. The lowest BCUT2D eigenvalue weighted by Crippen LogP contribution is -2.35. The fourth-order valence-corrected chi connectivity index (χ4v) is 4.93. The largest absolute Gasteiger partial charge is 0.325 e. The summed E-state index contributed by atoms with van der Waals surface area (Å²) in [5.41, 5.74) is 4.20. The van der Waals surface area contributed by atoms with Gasteiger partial charge in [0.15, 0.2) is 0 Å². The number of aliphatic imine (C=N–C) groups is 1. The zero-order valence-corrected chi connectivity index (χ0v) is 20.3. The number of fused-ring (bicyclic) bond motifs is 1. The summed E-state index contributed by atoms with van der Waals surface area (Å²) >= 11 is 0. The first-order valence-corrected chi connectivity index (χ1v) is 12.8. The van der Waals surface area contributed by atoms with Gasteiger partial charge < -0.3 is 10.2 Å². The predicted octanol–water partition coefficient (Wildman–Crippen LogP) is 3.87. The van der Waals surface area contributed by atoms with E-state index in [1.54, 1.807) is 18.2 Å². The minimum atomic E-state index is -3.48. The molecule has 1 atom stereocenters. The van der Waals surface area contributed by atoms with Gasteiger partial charge in [-0.1, -0.05) is 54.6 Å². The fraction of sp³-hybridized carbons (Fsp3) is 0.231. The first-order chi connectivity index (χ1) is 16.2. The number of amides is 1. The molecule has 4 rings (SSSR count). The smallest absolute Gasteiger partial charge is 0.238 e. The number of hydrogen-bond donors (Lipinski definition) is 1. The molecule has 1 N–H and O–H groups in total. The first kappa shape index (κ1) is 23.7. The average Bonchev–Trinajstić information content (AvgIpc) is 3.13. The van der Waals surface area contributed by atoms with Crippen molar-refractivity contribution in [2.24, 2.45) is 4.99 Å². The van der Waals surface area contributed by atoms with E-state index in [0.717, 1.165) is 16.8 Å². The molecule has 1 aliphatic heterocycles. The Balaban J connectivity index is 1.80. The van der Waals surface area contributed by atoms with Crippen LogP contribution in [0, 0.1) is 0 Å². The van der Waals surface area contributed by atoms with E-state index >= 15 is 0 Å². The van der Waals surface area contributed by atoms with Crippen molar-refractivity contribution < 1.29 is 13.2 Å². The molecule has 0 aliphatic carbocycles. The van der Waals surface area contributed by atoms with Gasteiger partial charge in [-0.05, 0) is 49.5 Å². The van der Waals surface area contributed by atoms with E-state index in [9.17, 15) is 13.2 Å². The number of nitrogens with zero attached hydrogens (tertiary/aromatic N) is 3. The second-order valence-corrected chi connectivity index (χ2v) is 10.4. The summed E-state index contributed by atoms with van der Waals surface area (Å²) in [5, 5.41) is 2.95. The van der Waals surface area contributed by atoms with E-state index in [0.29, 0.717) is 30.2 Å². The number of benzene rings is 3. The Hall–Kier alpha value is -3.49. The van der Waals surface area contributed by atoms with Crippen molar-refractivity contribution in [2.45, 2.75) is 5.92 Å². The molecule has 3 aromatic rings. The number of nitrogens with one attached hydrogen (secondary N) is 1. The third-order valence-corrected chi connectivity index (χ3v) is 6.85. The number of carbonyl (C=O) groups excluding carboxylic acids is 1. The molecule has 1 unspecified atom stereocenters. The number of para-hydroxylation sites is 1. The SMILES string of the molecule is CN(C)CCN(c1cccc(N=C(c2ccccc2)C2C(=O)Nc3ccccc32)c1)S(C)(=O)=O. The van der Waals surface area contributed by atoms with E-state index in [1.807, 2.05) is 79.7 Å². The highest BCUT2D eigenvalue weighted by Gasteiger charge is 2.35. The van der Waals surface area contributed by atoms with Crippen LogP contribution in [0.5, 0.6) is 0 Å². The molecule has 0 aromatic heterocycles. The van der Waals surface area contributed by atoms with Gasteiger partial charge in [0, 0.05) is 18.8 Å². The fourth-order valence-electron chi connectivity index (χ4n) is 4.02. The van der Waals surface area contributed by atoms with Gasteiger partial charge in [-0.15, -0.1) is 0 Å². The van der Waals surface area contributed by atoms with Gasteiger partial charge in [0.2, 0.25) is 15.9 Å². The Morgan fingerprint density at radius 3 is 2.35 bits per heavy atom. The van der Waals surface area contributed by atoms with Gasteiger partial charge in [-0.25, -0.2) is 8.42 Å². The van der Waals surface area contributed by atoms with Crippen LogP contribution in [0.1, 0.15) is 17.0 Å². The summed E-state index contributed by atoms with van der Waals surface area (Å²) in [6.45, 7) is 0.901. The Morgan fingerprint density at radius 1 is 0.941 bits per heavy atom. The quantitative estimate of drug-likeness (QED) is 0.501. The third kappa shape index (κ3) is 5.18. The summed E-state index contributed by atoms with van der Waals surface area (Å²) in [5.74, 6) is -0.703. The van der Waals surface area contributed by atoms with Gasteiger partial charge >= 0.3 is 0 Å². The van der Waals surface area contributed by atoms with Gasteiger partial charge in [0.1, 0.15) is 5.92 Å². The van der Waals surface area contributed by atoms with Gasteiger partial charge in [-0.2, -0.15) is 0 Å². The minimum absolute atomic E-state index is 0.135. The molecule has 1 heterocycles. The molecular weight excluding hydrogens is 448 g/mol. The van der Waals surface area contributed by atoms with E-state index in [2.05, 4.69) is 5.32 Å². The number of hydrogen-bond acceptors (Lipinski definition) is 5. The van der Waals surface area contributed by atoms with Crippen LogP contribution in [0.3, 0.4) is 0 Å². The first-order valence-electron chi connectivity index (χ1n) is 11.0. The van der Waals surface area contributed by atoms with Crippen LogP contribution in [0.4, 0.5) is 17.1 Å². The molecule has 8 heteroatoms. The van der Waals surface area contributed by atoms with Gasteiger partial charge in [0.25, 0.3) is 0 Å². The van der Waals surface area contributed by atoms with Crippen molar-refractivity contribution in [1.82, 2.24) is 4.90 Å². The molecule has 0 bridgehead atoms. The van der Waals surface area contributed by atoms with E-state index in [4.69, 9.17) is 4.99 Å². The maximum atomic E-state index is 13.0. The molecule has 0 spiro atoms. The summed E-state index contributed by atoms with van der Waals surface area (Å²) in [6, 6.07) is 24.3. The normalized spacial score (nSPS) is 15.8. The van der Waals surface area contributed by atoms with Crippen LogP contribution < -0.4 is 9.62 Å². The molecule has 0 radical (unpaired) electrons. The van der Waals surface area contributed by atoms with Gasteiger partial charge in [-0.3, -0.25) is 14.1 Å². The van der Waals surface area contributed by atoms with Crippen LogP contribution in [0.25, 0.3) is 0 Å². The molecular formula is C26H28N4O3S. The summed E-state index contributed by atoms with van der Waals surface area (Å²) < 4.78 is 26.4. The topological polar surface area (TPSA) is 82.1 Å². The van der Waals surface area contributed by atoms with E-state index in [1.165, 1.54) is 10.6 Å². The average molecular weight is 477 g/mol. The highest BCUT2D eigenvalue weighted by atomic mass is 32.2. The third-order valence-electron chi connectivity index (χ3n) is 5.65. The molecule has 34 heavy (non-hydrogen) atoms. The molecule has 1 amide bonds. The van der Waals surface area contributed by atoms with Crippen LogP contribution in [0.15, 0.2) is 83.9 Å². The van der Waals surface area contributed by atoms with Crippen molar-refractivity contribution in [3.63, 3.8) is 0 Å². The van der Waals surface area contributed by atoms with E-state index in [-0.39, 0.29) is 5.91 Å². The van der Waals surface area contributed by atoms with Crippen LogP contribution in [-0.2, 0) is 14.8 Å². The number of anilines is 2. The Labute approximate surface area is 200 Å². The number of sulfonamides is 1. The van der Waals surface area contributed by atoms with Crippen molar-refractivity contribution in [3.8, 4) is 0 Å². The van der Waals surface area contributed by atoms with Gasteiger partial charge in [0.05, 0.1) is 23.3 Å². The van der Waals surface area contributed by atoms with Crippen molar-refractivity contribution in [1.29, 1.82) is 0 Å². The number of carbonyl (C=O) groups is 1. The maximum Gasteiger partial charge on any atom is 0.238 e. The molecule has 1 aliphatic rings. The Bertz CT molecular complexity index is 1320. The second-order valence-electron chi connectivity index (χ2n) is 8.53. The zero-order chi connectivity index (χ0) is 24.3. The molecule has 0 saturated heterocycles. The minimum Gasteiger partial charge on any atom is -0.325 e. The van der Waals surface area contributed by atoms with Crippen LogP contribution >= 0.6 is 0 Å². The van der Waals surface area contributed by atoms with Crippen molar-refractivity contribution >= 4 is 38.7 Å². The lowest BCUT2D eigenvalue weighted by atomic mass is 9.90. The lowest BCUT2D eigenvalue weighted by Gasteiger charge is -2.24. The highest BCUT2D eigenvalue weighted by molar-refractivity contribution is 7.92. The molecule has 7 nitrogen and oxygen atoms in total. The standard InChI is InChI=1S/C26H28N4O3S/c1-29(2)16-17-30(34(3,32)33)21-13-9-12-20(18-21)27-25(19-10-5-4-6-11-19)24-22-14-7-8-15-23(22)28-26(24)31/h4-15,18,24H,16-17H2,1-3H3,(H,28,31). The van der Waals surface area contributed by atoms with Crippen molar-refractivity contribution in [2.75, 3.05) is 43.1 Å². The monoisotopic (exact) mass is 476 g/mol. The van der Waals surface area contributed by atoms with Crippen LogP contribution in [-0.4, -0.2) is 58.4 Å². The molecule has 0 fully saturated rings. The molecule has 176 valence electrons. The highest BCUT2D eigenvalue weighted by Crippen LogP contribution is 2.36. The van der Waals surface area contributed by atoms with Crippen LogP contribution in [0.2, 0.25) is 0 Å². The van der Waals surface area contributed by atoms with E-state index < -0.39 is 15.9 Å². The summed E-state index contributed by atoms with van der Waals surface area (Å²) in [7, 11) is 0.320. The second kappa shape index (κ2) is 9.79. The maximum absolute atomic E-state index is 13.0. The predicted molar refractivity (Wildman–Crippen MR) is 138 cm³/mol.